The van der Waals surface area contributed by atoms with E-state index in [0.29, 0.717) is 0 Å². The average Bonchev–Trinajstić information content (AvgIpc) is 3.09. The number of rotatable bonds is 6. The molecule has 0 aromatic heterocycles. The Morgan fingerprint density at radius 3 is 0.682 bits per heavy atom. The molecule has 0 nitrogen and oxygen atoms in total. The fourth-order valence-corrected chi connectivity index (χ4v) is 6.68. The Bertz CT molecular complexity index is 1900. The Morgan fingerprint density at radius 2 is 0.432 bits per heavy atom. The van der Waals surface area contributed by atoms with E-state index in [-0.39, 0.29) is 0 Å². The summed E-state index contributed by atoms with van der Waals surface area (Å²) in [6, 6.07) is 61.5. The zero-order valence-corrected chi connectivity index (χ0v) is 25.2. The Labute approximate surface area is 261 Å². The molecule has 0 atom stereocenters. The highest BCUT2D eigenvalue weighted by Gasteiger charge is 2.29. The lowest BCUT2D eigenvalue weighted by molar-refractivity contribution is 1.37. The van der Waals surface area contributed by atoms with Gasteiger partial charge in [0.05, 0.1) is 0 Å². The van der Waals surface area contributed by atoms with Crippen LogP contribution in [-0.4, -0.2) is 0 Å². The van der Waals surface area contributed by atoms with Gasteiger partial charge in [-0.05, 0) is 91.7 Å². The zero-order valence-electron chi connectivity index (χ0n) is 25.2. The summed E-state index contributed by atoms with van der Waals surface area (Å²) in [4.78, 5) is 0. The third kappa shape index (κ3) is 4.95. The highest BCUT2D eigenvalue weighted by molar-refractivity contribution is 6.15. The maximum Gasteiger partial charge on any atom is -0.000855 e. The van der Waals surface area contributed by atoms with Crippen LogP contribution in [0.15, 0.2) is 170 Å². The minimum atomic E-state index is 1.20. The van der Waals surface area contributed by atoms with Gasteiger partial charge in [0.15, 0.2) is 0 Å². The lowest BCUT2D eigenvalue weighted by Gasteiger charge is -2.30. The van der Waals surface area contributed by atoms with Crippen LogP contribution in [0.2, 0.25) is 0 Å². The van der Waals surface area contributed by atoms with Gasteiger partial charge in [0.1, 0.15) is 0 Å². The smallest absolute Gasteiger partial charge is 0.000855 e. The molecule has 0 unspecified atom stereocenters. The van der Waals surface area contributed by atoms with Crippen molar-refractivity contribution < 1.29 is 0 Å². The maximum absolute atomic E-state index is 2.27. The van der Waals surface area contributed by atoms with E-state index in [0.717, 1.165) is 0 Å². The van der Waals surface area contributed by atoms with Gasteiger partial charge in [-0.3, -0.25) is 0 Å². The first-order valence-corrected chi connectivity index (χ1v) is 15.3. The standard InChI is InChI=1S/C44H34/c1-31-19-18-20-32(2)38(31)44-42(36-27-14-6-15-28-36)40(34-23-10-4-11-24-34)39(33-21-8-3-9-22-33)41(35-25-12-5-13-26-35)43(44)37-29-16-7-17-30-37/h3-30H,1-2H3. The third-order valence-electron chi connectivity index (χ3n) is 8.54. The van der Waals surface area contributed by atoms with Crippen LogP contribution in [0.5, 0.6) is 0 Å². The van der Waals surface area contributed by atoms with E-state index < -0.39 is 0 Å². The number of hydrogen-bond donors (Lipinski definition) is 0. The van der Waals surface area contributed by atoms with E-state index in [1.54, 1.807) is 0 Å². The molecule has 0 aliphatic heterocycles. The second-order valence-electron chi connectivity index (χ2n) is 11.3. The van der Waals surface area contributed by atoms with Crippen molar-refractivity contribution in [3.8, 4) is 66.8 Å². The van der Waals surface area contributed by atoms with Crippen LogP contribution in [0.25, 0.3) is 66.8 Å². The molecule has 210 valence electrons. The molecule has 0 radical (unpaired) electrons. The second-order valence-corrected chi connectivity index (χ2v) is 11.3. The van der Waals surface area contributed by atoms with Crippen LogP contribution in [-0.2, 0) is 0 Å². The van der Waals surface area contributed by atoms with E-state index in [9.17, 15) is 0 Å². The fraction of sp³-hybridized carbons (Fsp3) is 0.0455. The zero-order chi connectivity index (χ0) is 29.9. The van der Waals surface area contributed by atoms with E-state index >= 15 is 0 Å². The summed E-state index contributed by atoms with van der Waals surface area (Å²) >= 11 is 0. The molecule has 0 aliphatic carbocycles. The predicted molar refractivity (Wildman–Crippen MR) is 189 cm³/mol. The molecule has 0 fully saturated rings. The Balaban J connectivity index is 1.85. The lowest BCUT2D eigenvalue weighted by Crippen LogP contribution is -2.03. The minimum absolute atomic E-state index is 1.20. The van der Waals surface area contributed by atoms with Crippen molar-refractivity contribution in [3.63, 3.8) is 0 Å². The van der Waals surface area contributed by atoms with E-state index in [2.05, 4.69) is 184 Å². The molecule has 7 aromatic carbocycles. The molecule has 0 spiro atoms. The van der Waals surface area contributed by atoms with Gasteiger partial charge in [-0.15, -0.1) is 0 Å². The normalized spacial score (nSPS) is 11.0. The topological polar surface area (TPSA) is 0 Å². The van der Waals surface area contributed by atoms with Crippen molar-refractivity contribution in [2.24, 2.45) is 0 Å². The van der Waals surface area contributed by atoms with Crippen molar-refractivity contribution in [1.29, 1.82) is 0 Å². The minimum Gasteiger partial charge on any atom is -0.0622 e. The van der Waals surface area contributed by atoms with Crippen LogP contribution in [0.3, 0.4) is 0 Å². The molecule has 7 rings (SSSR count). The van der Waals surface area contributed by atoms with Gasteiger partial charge in [0, 0.05) is 0 Å². The van der Waals surface area contributed by atoms with Crippen LogP contribution in [0.4, 0.5) is 0 Å². The lowest BCUT2D eigenvalue weighted by atomic mass is 9.73. The average molecular weight is 563 g/mol. The first-order chi connectivity index (χ1) is 21.7. The summed E-state index contributed by atoms with van der Waals surface area (Å²) in [5, 5.41) is 0. The Hall–Kier alpha value is -5.46. The summed E-state index contributed by atoms with van der Waals surface area (Å²) in [5.74, 6) is 0. The van der Waals surface area contributed by atoms with Gasteiger partial charge in [-0.1, -0.05) is 170 Å². The van der Waals surface area contributed by atoms with Gasteiger partial charge < -0.3 is 0 Å². The molecule has 0 heterocycles. The van der Waals surface area contributed by atoms with Crippen molar-refractivity contribution in [2.75, 3.05) is 0 Å². The van der Waals surface area contributed by atoms with Gasteiger partial charge in [-0.25, -0.2) is 0 Å². The molecule has 0 saturated carbocycles. The van der Waals surface area contributed by atoms with E-state index in [1.807, 2.05) is 0 Å². The summed E-state index contributed by atoms with van der Waals surface area (Å²) < 4.78 is 0. The third-order valence-corrected chi connectivity index (χ3v) is 8.54. The fourth-order valence-electron chi connectivity index (χ4n) is 6.68. The number of hydrogen-bond acceptors (Lipinski definition) is 0. The quantitative estimate of drug-likeness (QED) is 0.189. The Kier molecular flexibility index (Phi) is 7.49. The summed E-state index contributed by atoms with van der Waals surface area (Å²) in [7, 11) is 0. The molecule has 0 bridgehead atoms. The van der Waals surface area contributed by atoms with Crippen molar-refractivity contribution in [3.05, 3.63) is 181 Å². The molecule has 0 N–H and O–H groups in total. The Morgan fingerprint density at radius 1 is 0.205 bits per heavy atom. The van der Waals surface area contributed by atoms with E-state index in [4.69, 9.17) is 0 Å². The van der Waals surface area contributed by atoms with Gasteiger partial charge in [-0.2, -0.15) is 0 Å². The highest BCUT2D eigenvalue weighted by Crippen LogP contribution is 2.56. The molecule has 0 heteroatoms. The van der Waals surface area contributed by atoms with Crippen molar-refractivity contribution in [2.45, 2.75) is 13.8 Å². The monoisotopic (exact) mass is 562 g/mol. The molecule has 0 amide bonds. The van der Waals surface area contributed by atoms with Crippen LogP contribution >= 0.6 is 0 Å². The molecular formula is C44H34. The van der Waals surface area contributed by atoms with E-state index in [1.165, 1.54) is 77.9 Å². The first kappa shape index (κ1) is 27.4. The highest BCUT2D eigenvalue weighted by atomic mass is 14.3. The summed E-state index contributed by atoms with van der Waals surface area (Å²) in [6.45, 7) is 4.50. The largest absolute Gasteiger partial charge is 0.0622 e. The number of aryl methyl sites for hydroxylation is 2. The SMILES string of the molecule is Cc1cccc(C)c1-c1c(-c2ccccc2)c(-c2ccccc2)c(-c2ccccc2)c(-c2ccccc2)c1-c1ccccc1. The van der Waals surface area contributed by atoms with Crippen LogP contribution in [0.1, 0.15) is 11.1 Å². The molecule has 0 aliphatic rings. The first-order valence-electron chi connectivity index (χ1n) is 15.3. The maximum atomic E-state index is 2.27. The van der Waals surface area contributed by atoms with Crippen molar-refractivity contribution in [1.82, 2.24) is 0 Å². The molecule has 7 aromatic rings. The van der Waals surface area contributed by atoms with Crippen LogP contribution < -0.4 is 0 Å². The van der Waals surface area contributed by atoms with Gasteiger partial charge in [0.2, 0.25) is 0 Å². The summed E-state index contributed by atoms with van der Waals surface area (Å²) in [6.07, 6.45) is 0. The molecule has 0 saturated heterocycles. The number of benzene rings is 7. The second kappa shape index (κ2) is 12.0. The molecular weight excluding hydrogens is 528 g/mol. The van der Waals surface area contributed by atoms with Gasteiger partial charge in [0.25, 0.3) is 0 Å². The van der Waals surface area contributed by atoms with Crippen LogP contribution in [0, 0.1) is 13.8 Å². The predicted octanol–water partition coefficient (Wildman–Crippen LogP) is 12.3. The van der Waals surface area contributed by atoms with Gasteiger partial charge >= 0.3 is 0 Å². The molecule has 44 heavy (non-hydrogen) atoms. The van der Waals surface area contributed by atoms with Crippen molar-refractivity contribution >= 4 is 0 Å². The summed E-state index contributed by atoms with van der Waals surface area (Å²) in [5.41, 5.74) is 17.4.